The second-order valence-corrected chi connectivity index (χ2v) is 6.18. The fraction of sp³-hybridized carbons (Fsp3) is 0.133. The number of hydrogen-bond donors (Lipinski definition) is 2. The van der Waals surface area contributed by atoms with Crippen LogP contribution in [0.3, 0.4) is 0 Å². The summed E-state index contributed by atoms with van der Waals surface area (Å²) < 4.78 is 27.4. The number of hydrogen-bond acceptors (Lipinski definition) is 3. The number of nitrogens with one attached hydrogen (secondary N) is 2. The maximum atomic E-state index is 12.4. The molecule has 0 radical (unpaired) electrons. The Hall–Kier alpha value is -2.34. The summed E-state index contributed by atoms with van der Waals surface area (Å²) in [6, 6.07) is 13.2. The van der Waals surface area contributed by atoms with Crippen molar-refractivity contribution >= 4 is 21.6 Å². The van der Waals surface area contributed by atoms with Crippen molar-refractivity contribution in [1.29, 1.82) is 0 Å². The van der Waals surface area contributed by atoms with E-state index in [0.29, 0.717) is 16.8 Å². The maximum absolute atomic E-state index is 12.4. The lowest BCUT2D eigenvalue weighted by Gasteiger charge is -2.11. The molecule has 0 saturated heterocycles. The Balaban J connectivity index is 2.42. The van der Waals surface area contributed by atoms with Gasteiger partial charge < -0.3 is 5.32 Å². The number of benzene rings is 2. The minimum Gasteiger partial charge on any atom is -0.355 e. The molecule has 0 aromatic heterocycles. The SMILES string of the molecule is CNC(=O)c1ccc(C)c(S(=O)(=O)Nc2ccccc2)c1. The number of carbonyl (C=O) groups is 1. The molecule has 0 saturated carbocycles. The zero-order valence-electron chi connectivity index (χ0n) is 11.8. The molecule has 2 aromatic carbocycles. The van der Waals surface area contributed by atoms with Crippen molar-refractivity contribution in [3.8, 4) is 0 Å². The third-order valence-electron chi connectivity index (χ3n) is 2.99. The van der Waals surface area contributed by atoms with E-state index in [-0.39, 0.29) is 10.8 Å². The molecule has 2 rings (SSSR count). The minimum absolute atomic E-state index is 0.0902. The van der Waals surface area contributed by atoms with Gasteiger partial charge in [0.1, 0.15) is 0 Å². The molecule has 1 amide bonds. The summed E-state index contributed by atoms with van der Waals surface area (Å²) in [5.74, 6) is -0.328. The molecule has 6 heteroatoms. The summed E-state index contributed by atoms with van der Waals surface area (Å²) >= 11 is 0. The lowest BCUT2D eigenvalue weighted by Crippen LogP contribution is -2.20. The van der Waals surface area contributed by atoms with E-state index in [1.165, 1.54) is 13.1 Å². The van der Waals surface area contributed by atoms with Gasteiger partial charge >= 0.3 is 0 Å². The first kappa shape index (κ1) is 15.1. The monoisotopic (exact) mass is 304 g/mol. The maximum Gasteiger partial charge on any atom is 0.262 e. The summed E-state index contributed by atoms with van der Waals surface area (Å²) in [4.78, 5) is 11.7. The third-order valence-corrected chi connectivity index (χ3v) is 4.52. The Morgan fingerprint density at radius 1 is 1.05 bits per heavy atom. The van der Waals surface area contributed by atoms with Crippen molar-refractivity contribution < 1.29 is 13.2 Å². The summed E-state index contributed by atoms with van der Waals surface area (Å²) in [5.41, 5.74) is 1.35. The standard InChI is InChI=1S/C15H16N2O3S/c1-11-8-9-12(15(18)16-2)10-14(11)21(19,20)17-13-6-4-3-5-7-13/h3-10,17H,1-2H3,(H,16,18). The quantitative estimate of drug-likeness (QED) is 0.909. The Labute approximate surface area is 124 Å². The van der Waals surface area contributed by atoms with E-state index in [1.807, 2.05) is 0 Å². The fourth-order valence-electron chi connectivity index (χ4n) is 1.89. The van der Waals surface area contributed by atoms with Gasteiger partial charge in [0.2, 0.25) is 0 Å². The molecule has 0 fully saturated rings. The lowest BCUT2D eigenvalue weighted by atomic mass is 10.1. The predicted octanol–water partition coefficient (Wildman–Crippen LogP) is 2.16. The van der Waals surface area contributed by atoms with Crippen LogP contribution in [0.1, 0.15) is 15.9 Å². The van der Waals surface area contributed by atoms with Gasteiger partial charge in [0.15, 0.2) is 0 Å². The normalized spacial score (nSPS) is 11.0. The molecule has 0 unspecified atom stereocenters. The van der Waals surface area contributed by atoms with Crippen molar-refractivity contribution in [1.82, 2.24) is 5.32 Å². The number of carbonyl (C=O) groups excluding carboxylic acids is 1. The fourth-order valence-corrected chi connectivity index (χ4v) is 3.22. The smallest absolute Gasteiger partial charge is 0.262 e. The van der Waals surface area contributed by atoms with Gasteiger partial charge in [-0.25, -0.2) is 8.42 Å². The molecule has 0 aliphatic rings. The Bertz CT molecular complexity index is 756. The highest BCUT2D eigenvalue weighted by Crippen LogP contribution is 2.20. The molecule has 0 bridgehead atoms. The van der Waals surface area contributed by atoms with Crippen LogP contribution < -0.4 is 10.0 Å². The second kappa shape index (κ2) is 5.97. The van der Waals surface area contributed by atoms with Crippen LogP contribution in [0, 0.1) is 6.92 Å². The summed E-state index contributed by atoms with van der Waals surface area (Å²) in [6.07, 6.45) is 0. The Morgan fingerprint density at radius 3 is 2.33 bits per heavy atom. The molecule has 5 nitrogen and oxygen atoms in total. The zero-order chi connectivity index (χ0) is 15.5. The number of amides is 1. The van der Waals surface area contributed by atoms with E-state index in [2.05, 4.69) is 10.0 Å². The molecular formula is C15H16N2O3S. The van der Waals surface area contributed by atoms with Crippen molar-refractivity contribution in [3.63, 3.8) is 0 Å². The van der Waals surface area contributed by atoms with Gasteiger partial charge in [-0.15, -0.1) is 0 Å². The molecule has 0 aliphatic carbocycles. The highest BCUT2D eigenvalue weighted by molar-refractivity contribution is 7.92. The van der Waals surface area contributed by atoms with Gasteiger partial charge in [0, 0.05) is 18.3 Å². The van der Waals surface area contributed by atoms with Crippen LogP contribution in [-0.2, 0) is 10.0 Å². The van der Waals surface area contributed by atoms with Gasteiger partial charge in [-0.2, -0.15) is 0 Å². The van der Waals surface area contributed by atoms with Crippen molar-refractivity contribution in [3.05, 3.63) is 59.7 Å². The van der Waals surface area contributed by atoms with E-state index in [9.17, 15) is 13.2 Å². The predicted molar refractivity (Wildman–Crippen MR) is 81.8 cm³/mol. The number of aryl methyl sites for hydroxylation is 1. The molecule has 110 valence electrons. The van der Waals surface area contributed by atoms with Gasteiger partial charge in [0.05, 0.1) is 4.90 Å². The molecule has 21 heavy (non-hydrogen) atoms. The molecule has 0 spiro atoms. The molecule has 2 aromatic rings. The van der Waals surface area contributed by atoms with Gasteiger partial charge in [-0.1, -0.05) is 24.3 Å². The van der Waals surface area contributed by atoms with Gasteiger partial charge in [0.25, 0.3) is 15.9 Å². The van der Waals surface area contributed by atoms with E-state index in [4.69, 9.17) is 0 Å². The summed E-state index contributed by atoms with van der Waals surface area (Å²) in [5, 5.41) is 2.47. The highest BCUT2D eigenvalue weighted by atomic mass is 32.2. The van der Waals surface area contributed by atoms with E-state index >= 15 is 0 Å². The summed E-state index contributed by atoms with van der Waals surface area (Å²) in [7, 11) is -2.24. The Morgan fingerprint density at radius 2 is 1.71 bits per heavy atom. The lowest BCUT2D eigenvalue weighted by molar-refractivity contribution is 0.0963. The number of anilines is 1. The van der Waals surface area contributed by atoms with Crippen LogP contribution >= 0.6 is 0 Å². The van der Waals surface area contributed by atoms with Crippen LogP contribution in [0.15, 0.2) is 53.4 Å². The first-order chi connectivity index (χ1) is 9.94. The van der Waals surface area contributed by atoms with E-state index < -0.39 is 10.0 Å². The zero-order valence-corrected chi connectivity index (χ0v) is 12.6. The van der Waals surface area contributed by atoms with E-state index in [1.54, 1.807) is 49.4 Å². The van der Waals surface area contributed by atoms with Crippen LogP contribution in [-0.4, -0.2) is 21.4 Å². The van der Waals surface area contributed by atoms with Gasteiger partial charge in [-0.05, 0) is 36.8 Å². The van der Waals surface area contributed by atoms with Crippen LogP contribution in [0.25, 0.3) is 0 Å². The topological polar surface area (TPSA) is 75.3 Å². The average molecular weight is 304 g/mol. The first-order valence-electron chi connectivity index (χ1n) is 6.34. The molecule has 2 N–H and O–H groups in total. The van der Waals surface area contributed by atoms with Crippen molar-refractivity contribution in [2.45, 2.75) is 11.8 Å². The Kier molecular flexibility index (Phi) is 4.28. The number of rotatable bonds is 4. The van der Waals surface area contributed by atoms with Crippen LogP contribution in [0.5, 0.6) is 0 Å². The minimum atomic E-state index is -3.74. The van der Waals surface area contributed by atoms with Gasteiger partial charge in [-0.3, -0.25) is 9.52 Å². The molecular weight excluding hydrogens is 288 g/mol. The van der Waals surface area contributed by atoms with Crippen molar-refractivity contribution in [2.24, 2.45) is 0 Å². The second-order valence-electron chi connectivity index (χ2n) is 4.53. The molecule has 0 aliphatic heterocycles. The van der Waals surface area contributed by atoms with E-state index in [0.717, 1.165) is 0 Å². The van der Waals surface area contributed by atoms with Crippen molar-refractivity contribution in [2.75, 3.05) is 11.8 Å². The largest absolute Gasteiger partial charge is 0.355 e. The first-order valence-corrected chi connectivity index (χ1v) is 7.83. The summed E-state index contributed by atoms with van der Waals surface area (Å²) in [6.45, 7) is 1.69. The highest BCUT2D eigenvalue weighted by Gasteiger charge is 2.18. The number of para-hydroxylation sites is 1. The third kappa shape index (κ3) is 3.41. The average Bonchev–Trinajstić information content (AvgIpc) is 2.47. The number of sulfonamides is 1. The molecule has 0 heterocycles. The van der Waals surface area contributed by atoms with Crippen LogP contribution in [0.4, 0.5) is 5.69 Å². The molecule has 0 atom stereocenters. The van der Waals surface area contributed by atoms with Crippen LogP contribution in [0.2, 0.25) is 0 Å².